The molecule has 0 radical (unpaired) electrons. The SMILES string of the molecule is CNCc1cn(C(C)C2CC3CCC2C3)cn1. The zero-order chi connectivity index (χ0) is 11.8. The summed E-state index contributed by atoms with van der Waals surface area (Å²) in [5.74, 6) is 2.92. The van der Waals surface area contributed by atoms with Crippen LogP contribution in [0.5, 0.6) is 0 Å². The molecule has 94 valence electrons. The van der Waals surface area contributed by atoms with E-state index < -0.39 is 0 Å². The molecule has 17 heavy (non-hydrogen) atoms. The summed E-state index contributed by atoms with van der Waals surface area (Å²) in [6.45, 7) is 3.24. The predicted octanol–water partition coefficient (Wildman–Crippen LogP) is 2.60. The van der Waals surface area contributed by atoms with Gasteiger partial charge in [0.15, 0.2) is 0 Å². The molecule has 2 bridgehead atoms. The van der Waals surface area contributed by atoms with Crippen molar-refractivity contribution >= 4 is 0 Å². The van der Waals surface area contributed by atoms with Crippen molar-refractivity contribution in [2.24, 2.45) is 17.8 Å². The van der Waals surface area contributed by atoms with Gasteiger partial charge in [-0.1, -0.05) is 6.42 Å². The van der Waals surface area contributed by atoms with Gasteiger partial charge in [0.2, 0.25) is 0 Å². The molecule has 0 aliphatic heterocycles. The van der Waals surface area contributed by atoms with E-state index >= 15 is 0 Å². The molecule has 1 aromatic heterocycles. The van der Waals surface area contributed by atoms with Crippen LogP contribution in [0.15, 0.2) is 12.5 Å². The van der Waals surface area contributed by atoms with E-state index in [4.69, 9.17) is 0 Å². The molecule has 3 nitrogen and oxygen atoms in total. The van der Waals surface area contributed by atoms with Gasteiger partial charge in [-0.15, -0.1) is 0 Å². The van der Waals surface area contributed by atoms with E-state index in [1.54, 1.807) is 0 Å². The summed E-state index contributed by atoms with van der Waals surface area (Å²) in [5, 5.41) is 3.16. The maximum Gasteiger partial charge on any atom is 0.0952 e. The number of nitrogens with zero attached hydrogens (tertiary/aromatic N) is 2. The summed E-state index contributed by atoms with van der Waals surface area (Å²) < 4.78 is 2.33. The Bertz CT molecular complexity index is 385. The summed E-state index contributed by atoms with van der Waals surface area (Å²) in [4.78, 5) is 4.46. The summed E-state index contributed by atoms with van der Waals surface area (Å²) in [7, 11) is 1.97. The van der Waals surface area contributed by atoms with E-state index in [2.05, 4.69) is 28.0 Å². The molecule has 0 saturated heterocycles. The molecule has 0 amide bonds. The highest BCUT2D eigenvalue weighted by molar-refractivity contribution is 5.00. The second-order valence-electron chi connectivity index (χ2n) is 5.92. The third-order valence-electron chi connectivity index (χ3n) is 4.90. The molecule has 2 saturated carbocycles. The number of aromatic nitrogens is 2. The van der Waals surface area contributed by atoms with Crippen LogP contribution in [0, 0.1) is 17.8 Å². The van der Waals surface area contributed by atoms with Crippen molar-refractivity contribution in [2.45, 2.75) is 45.2 Å². The van der Waals surface area contributed by atoms with Gasteiger partial charge >= 0.3 is 0 Å². The summed E-state index contributed by atoms with van der Waals surface area (Å²) in [6, 6.07) is 0.628. The molecule has 3 rings (SSSR count). The van der Waals surface area contributed by atoms with Crippen molar-refractivity contribution in [1.29, 1.82) is 0 Å². The molecule has 2 aliphatic rings. The fourth-order valence-corrected chi connectivity index (χ4v) is 3.98. The van der Waals surface area contributed by atoms with Gasteiger partial charge < -0.3 is 9.88 Å². The minimum atomic E-state index is 0.628. The lowest BCUT2D eigenvalue weighted by Crippen LogP contribution is -2.21. The zero-order valence-corrected chi connectivity index (χ0v) is 10.9. The monoisotopic (exact) mass is 233 g/mol. The van der Waals surface area contributed by atoms with Crippen molar-refractivity contribution in [3.05, 3.63) is 18.2 Å². The summed E-state index contributed by atoms with van der Waals surface area (Å²) >= 11 is 0. The lowest BCUT2D eigenvalue weighted by atomic mass is 9.84. The summed E-state index contributed by atoms with van der Waals surface area (Å²) in [6.07, 6.45) is 10.1. The quantitative estimate of drug-likeness (QED) is 0.866. The van der Waals surface area contributed by atoms with E-state index in [0.29, 0.717) is 6.04 Å². The first kappa shape index (κ1) is 11.3. The van der Waals surface area contributed by atoms with E-state index in [1.165, 1.54) is 25.7 Å². The molecule has 2 aliphatic carbocycles. The Morgan fingerprint density at radius 1 is 1.47 bits per heavy atom. The summed E-state index contributed by atoms with van der Waals surface area (Å²) in [5.41, 5.74) is 1.16. The first-order chi connectivity index (χ1) is 8.28. The van der Waals surface area contributed by atoms with Gasteiger partial charge in [-0.05, 0) is 51.0 Å². The van der Waals surface area contributed by atoms with Crippen LogP contribution >= 0.6 is 0 Å². The second kappa shape index (κ2) is 4.45. The highest BCUT2D eigenvalue weighted by atomic mass is 15.1. The lowest BCUT2D eigenvalue weighted by molar-refractivity contribution is 0.242. The third kappa shape index (κ3) is 2.01. The van der Waals surface area contributed by atoms with Gasteiger partial charge in [-0.3, -0.25) is 0 Å². The number of imidazole rings is 1. The molecular weight excluding hydrogens is 210 g/mol. The van der Waals surface area contributed by atoms with Crippen LogP contribution in [0.2, 0.25) is 0 Å². The predicted molar refractivity (Wildman–Crippen MR) is 68.6 cm³/mol. The van der Waals surface area contributed by atoms with Gasteiger partial charge in [-0.2, -0.15) is 0 Å². The van der Waals surface area contributed by atoms with E-state index in [9.17, 15) is 0 Å². The highest BCUT2D eigenvalue weighted by Crippen LogP contribution is 2.51. The fourth-order valence-electron chi connectivity index (χ4n) is 3.98. The van der Waals surface area contributed by atoms with E-state index in [0.717, 1.165) is 30.0 Å². The molecule has 1 aromatic rings. The number of fused-ring (bicyclic) bond motifs is 2. The zero-order valence-electron chi connectivity index (χ0n) is 10.9. The van der Waals surface area contributed by atoms with E-state index in [-0.39, 0.29) is 0 Å². The van der Waals surface area contributed by atoms with Crippen LogP contribution in [0.1, 0.15) is 44.3 Å². The average molecular weight is 233 g/mol. The van der Waals surface area contributed by atoms with Crippen LogP contribution in [0.3, 0.4) is 0 Å². The number of nitrogens with one attached hydrogen (secondary N) is 1. The first-order valence-corrected chi connectivity index (χ1v) is 6.95. The molecule has 0 spiro atoms. The number of hydrogen-bond donors (Lipinski definition) is 1. The lowest BCUT2D eigenvalue weighted by Gasteiger charge is -2.28. The largest absolute Gasteiger partial charge is 0.334 e. The minimum absolute atomic E-state index is 0.628. The van der Waals surface area contributed by atoms with Gasteiger partial charge in [0, 0.05) is 18.8 Å². The van der Waals surface area contributed by atoms with E-state index in [1.807, 2.05) is 13.4 Å². The number of hydrogen-bond acceptors (Lipinski definition) is 2. The van der Waals surface area contributed by atoms with Gasteiger partial charge in [0.25, 0.3) is 0 Å². The Morgan fingerprint density at radius 2 is 2.35 bits per heavy atom. The van der Waals surface area contributed by atoms with Crippen LogP contribution in [0.25, 0.3) is 0 Å². The Hall–Kier alpha value is -0.830. The van der Waals surface area contributed by atoms with Crippen LogP contribution in [-0.4, -0.2) is 16.6 Å². The number of rotatable bonds is 4. The highest BCUT2D eigenvalue weighted by Gasteiger charge is 2.42. The minimum Gasteiger partial charge on any atom is -0.334 e. The van der Waals surface area contributed by atoms with Crippen LogP contribution in [0.4, 0.5) is 0 Å². The maximum absolute atomic E-state index is 4.46. The Morgan fingerprint density at radius 3 is 3.00 bits per heavy atom. The normalized spacial score (nSPS) is 33.2. The Labute approximate surface area is 104 Å². The van der Waals surface area contributed by atoms with Crippen molar-refractivity contribution in [1.82, 2.24) is 14.9 Å². The molecule has 4 atom stereocenters. The molecule has 4 unspecified atom stereocenters. The maximum atomic E-state index is 4.46. The second-order valence-corrected chi connectivity index (χ2v) is 5.92. The Balaban J connectivity index is 1.70. The fraction of sp³-hybridized carbons (Fsp3) is 0.786. The standard InChI is InChI=1S/C14H23N3/c1-10(14-6-11-3-4-12(14)5-11)17-8-13(7-15-2)16-9-17/h8-12,14-15H,3-7H2,1-2H3. The van der Waals surface area contributed by atoms with Crippen molar-refractivity contribution < 1.29 is 0 Å². The third-order valence-corrected chi connectivity index (χ3v) is 4.90. The molecule has 1 heterocycles. The van der Waals surface area contributed by atoms with Crippen molar-refractivity contribution in [3.8, 4) is 0 Å². The molecule has 3 heteroatoms. The van der Waals surface area contributed by atoms with Gasteiger partial charge in [-0.25, -0.2) is 4.98 Å². The molecule has 0 aromatic carbocycles. The molecule has 2 fully saturated rings. The Kier molecular flexibility index (Phi) is 2.95. The van der Waals surface area contributed by atoms with Crippen molar-refractivity contribution in [3.63, 3.8) is 0 Å². The average Bonchev–Trinajstić information content (AvgIpc) is 3.03. The van der Waals surface area contributed by atoms with Gasteiger partial charge in [0.1, 0.15) is 0 Å². The topological polar surface area (TPSA) is 29.9 Å². The smallest absolute Gasteiger partial charge is 0.0952 e. The molecule has 1 N–H and O–H groups in total. The van der Waals surface area contributed by atoms with Crippen LogP contribution < -0.4 is 5.32 Å². The van der Waals surface area contributed by atoms with Gasteiger partial charge in [0.05, 0.1) is 12.0 Å². The first-order valence-electron chi connectivity index (χ1n) is 6.95. The molecular formula is C14H23N3. The van der Waals surface area contributed by atoms with Crippen molar-refractivity contribution in [2.75, 3.05) is 7.05 Å². The van der Waals surface area contributed by atoms with Crippen LogP contribution in [-0.2, 0) is 6.54 Å².